The number of hydrogen-bond donors (Lipinski definition) is 2. The van der Waals surface area contributed by atoms with Gasteiger partial charge in [0, 0.05) is 24.5 Å². The van der Waals surface area contributed by atoms with Gasteiger partial charge in [0.25, 0.3) is 0 Å². The summed E-state index contributed by atoms with van der Waals surface area (Å²) < 4.78 is 0. The van der Waals surface area contributed by atoms with Crippen LogP contribution in [0.15, 0.2) is 24.5 Å². The molecule has 4 heteroatoms. The van der Waals surface area contributed by atoms with E-state index in [9.17, 15) is 4.79 Å². The van der Waals surface area contributed by atoms with Crippen LogP contribution in [0.4, 0.5) is 0 Å². The molecule has 0 spiro atoms. The number of hydrogen-bond acceptors (Lipinski definition) is 3. The minimum atomic E-state index is -0.343. The quantitative estimate of drug-likeness (QED) is 0.754. The summed E-state index contributed by atoms with van der Waals surface area (Å²) in [5, 5.41) is 2.87. The van der Waals surface area contributed by atoms with E-state index in [1.165, 1.54) is 0 Å². The van der Waals surface area contributed by atoms with E-state index in [0.717, 1.165) is 5.56 Å². The third kappa shape index (κ3) is 4.08. The molecule has 3 N–H and O–H groups in total. The summed E-state index contributed by atoms with van der Waals surface area (Å²) in [4.78, 5) is 15.5. The Labute approximate surface area is 89.9 Å². The monoisotopic (exact) mass is 207 g/mol. The molecule has 0 aliphatic carbocycles. The highest BCUT2D eigenvalue weighted by Gasteiger charge is 2.17. The molecular formula is C11H17N3O. The van der Waals surface area contributed by atoms with E-state index in [1.54, 1.807) is 12.4 Å². The average Bonchev–Trinajstić information content (AvgIpc) is 2.18. The lowest BCUT2D eigenvalue weighted by Gasteiger charge is -2.24. The summed E-state index contributed by atoms with van der Waals surface area (Å²) >= 11 is 0. The van der Waals surface area contributed by atoms with Gasteiger partial charge in [-0.05, 0) is 31.5 Å². The number of rotatable bonds is 4. The highest BCUT2D eigenvalue weighted by Crippen LogP contribution is 2.02. The standard InChI is InChI=1S/C11H17N3O/c1-11(2,8-12)14-10(15)7-9-3-5-13-6-4-9/h3-6H,7-8,12H2,1-2H3,(H,14,15). The zero-order valence-corrected chi connectivity index (χ0v) is 9.16. The Morgan fingerprint density at radius 1 is 1.47 bits per heavy atom. The summed E-state index contributed by atoms with van der Waals surface area (Å²) in [5.74, 6) is -0.0170. The highest BCUT2D eigenvalue weighted by atomic mass is 16.1. The van der Waals surface area contributed by atoms with Crippen LogP contribution in [0.2, 0.25) is 0 Å². The summed E-state index contributed by atoms with van der Waals surface area (Å²) in [6, 6.07) is 3.66. The molecule has 0 bridgehead atoms. The fraction of sp³-hybridized carbons (Fsp3) is 0.455. The van der Waals surface area contributed by atoms with Gasteiger partial charge in [0.05, 0.1) is 6.42 Å². The van der Waals surface area contributed by atoms with Gasteiger partial charge in [0.2, 0.25) is 5.91 Å². The number of nitrogens with two attached hydrogens (primary N) is 1. The van der Waals surface area contributed by atoms with E-state index in [0.29, 0.717) is 13.0 Å². The van der Waals surface area contributed by atoms with Gasteiger partial charge in [-0.2, -0.15) is 0 Å². The van der Waals surface area contributed by atoms with Gasteiger partial charge in [-0.25, -0.2) is 0 Å². The molecule has 0 fully saturated rings. The first-order chi connectivity index (χ1) is 7.03. The topological polar surface area (TPSA) is 68.0 Å². The predicted molar refractivity (Wildman–Crippen MR) is 59.2 cm³/mol. The molecule has 1 amide bonds. The molecule has 82 valence electrons. The molecule has 1 heterocycles. The first kappa shape index (κ1) is 11.7. The summed E-state index contributed by atoms with van der Waals surface area (Å²) in [6.45, 7) is 4.23. The zero-order valence-electron chi connectivity index (χ0n) is 9.16. The fourth-order valence-electron chi connectivity index (χ4n) is 1.16. The van der Waals surface area contributed by atoms with Gasteiger partial charge in [0.1, 0.15) is 0 Å². The van der Waals surface area contributed by atoms with E-state index in [1.807, 2.05) is 26.0 Å². The van der Waals surface area contributed by atoms with E-state index in [4.69, 9.17) is 5.73 Å². The molecule has 0 radical (unpaired) electrons. The van der Waals surface area contributed by atoms with Crippen LogP contribution in [0.1, 0.15) is 19.4 Å². The molecule has 15 heavy (non-hydrogen) atoms. The Morgan fingerprint density at radius 3 is 2.60 bits per heavy atom. The number of carbonyl (C=O) groups excluding carboxylic acids is 1. The van der Waals surface area contributed by atoms with Crippen LogP contribution in [-0.2, 0) is 11.2 Å². The molecule has 0 aliphatic heterocycles. The zero-order chi connectivity index (χ0) is 11.3. The fourth-order valence-corrected chi connectivity index (χ4v) is 1.16. The number of carbonyl (C=O) groups is 1. The van der Waals surface area contributed by atoms with E-state index in [2.05, 4.69) is 10.3 Å². The van der Waals surface area contributed by atoms with Gasteiger partial charge >= 0.3 is 0 Å². The van der Waals surface area contributed by atoms with Gasteiger partial charge in [0.15, 0.2) is 0 Å². The maximum atomic E-state index is 11.6. The van der Waals surface area contributed by atoms with Gasteiger partial charge in [-0.3, -0.25) is 9.78 Å². The Hall–Kier alpha value is -1.42. The van der Waals surface area contributed by atoms with Crippen molar-refractivity contribution in [1.82, 2.24) is 10.3 Å². The Morgan fingerprint density at radius 2 is 2.07 bits per heavy atom. The van der Waals surface area contributed by atoms with Crippen LogP contribution in [-0.4, -0.2) is 23.0 Å². The van der Waals surface area contributed by atoms with Crippen molar-refractivity contribution < 1.29 is 4.79 Å². The predicted octanol–water partition coefficient (Wildman–Crippen LogP) is 0.478. The molecular weight excluding hydrogens is 190 g/mol. The number of pyridine rings is 1. The van der Waals surface area contributed by atoms with E-state index in [-0.39, 0.29) is 11.4 Å². The lowest BCUT2D eigenvalue weighted by molar-refractivity contribution is -0.121. The Balaban J connectivity index is 2.51. The minimum absolute atomic E-state index is 0.0170. The van der Waals surface area contributed by atoms with Crippen molar-refractivity contribution in [2.24, 2.45) is 5.73 Å². The van der Waals surface area contributed by atoms with E-state index < -0.39 is 0 Å². The maximum absolute atomic E-state index is 11.6. The Bertz CT molecular complexity index is 322. The first-order valence-electron chi connectivity index (χ1n) is 4.93. The number of aromatic nitrogens is 1. The first-order valence-corrected chi connectivity index (χ1v) is 4.93. The molecule has 0 aromatic carbocycles. The minimum Gasteiger partial charge on any atom is -0.350 e. The molecule has 1 aromatic heterocycles. The van der Waals surface area contributed by atoms with Crippen molar-refractivity contribution >= 4 is 5.91 Å². The molecule has 0 atom stereocenters. The maximum Gasteiger partial charge on any atom is 0.224 e. The highest BCUT2D eigenvalue weighted by molar-refractivity contribution is 5.79. The van der Waals surface area contributed by atoms with Crippen LogP contribution in [0.25, 0.3) is 0 Å². The molecule has 0 unspecified atom stereocenters. The number of nitrogens with one attached hydrogen (secondary N) is 1. The van der Waals surface area contributed by atoms with Crippen LogP contribution >= 0.6 is 0 Å². The van der Waals surface area contributed by atoms with Crippen LogP contribution in [0.3, 0.4) is 0 Å². The summed E-state index contributed by atoms with van der Waals surface area (Å²) in [7, 11) is 0. The van der Waals surface area contributed by atoms with Crippen molar-refractivity contribution in [2.45, 2.75) is 25.8 Å². The van der Waals surface area contributed by atoms with E-state index >= 15 is 0 Å². The molecule has 4 nitrogen and oxygen atoms in total. The molecule has 0 saturated heterocycles. The van der Waals surface area contributed by atoms with Crippen molar-refractivity contribution in [3.8, 4) is 0 Å². The second-order valence-corrected chi connectivity index (χ2v) is 4.17. The van der Waals surface area contributed by atoms with Gasteiger partial charge in [-0.1, -0.05) is 0 Å². The summed E-state index contributed by atoms with van der Waals surface area (Å²) in [5.41, 5.74) is 6.13. The van der Waals surface area contributed by atoms with Gasteiger partial charge < -0.3 is 11.1 Å². The third-order valence-corrected chi connectivity index (χ3v) is 2.10. The van der Waals surface area contributed by atoms with Crippen LogP contribution in [0.5, 0.6) is 0 Å². The van der Waals surface area contributed by atoms with Crippen molar-refractivity contribution in [3.63, 3.8) is 0 Å². The lowest BCUT2D eigenvalue weighted by Crippen LogP contribution is -2.49. The van der Waals surface area contributed by atoms with Crippen LogP contribution < -0.4 is 11.1 Å². The van der Waals surface area contributed by atoms with Crippen molar-refractivity contribution in [3.05, 3.63) is 30.1 Å². The Kier molecular flexibility index (Phi) is 3.80. The SMILES string of the molecule is CC(C)(CN)NC(=O)Cc1ccncc1. The second-order valence-electron chi connectivity index (χ2n) is 4.17. The van der Waals surface area contributed by atoms with Crippen LogP contribution in [0, 0.1) is 0 Å². The molecule has 1 rings (SSSR count). The normalized spacial score (nSPS) is 11.1. The second kappa shape index (κ2) is 4.89. The molecule has 0 saturated carbocycles. The number of nitrogens with zero attached hydrogens (tertiary/aromatic N) is 1. The average molecular weight is 207 g/mol. The van der Waals surface area contributed by atoms with Crippen molar-refractivity contribution in [1.29, 1.82) is 0 Å². The molecule has 0 aliphatic rings. The summed E-state index contributed by atoms with van der Waals surface area (Å²) in [6.07, 6.45) is 3.72. The third-order valence-electron chi connectivity index (χ3n) is 2.10. The molecule has 1 aromatic rings. The largest absolute Gasteiger partial charge is 0.350 e. The van der Waals surface area contributed by atoms with Crippen molar-refractivity contribution in [2.75, 3.05) is 6.54 Å². The number of amides is 1. The van der Waals surface area contributed by atoms with Gasteiger partial charge in [-0.15, -0.1) is 0 Å². The lowest BCUT2D eigenvalue weighted by atomic mass is 10.1. The smallest absolute Gasteiger partial charge is 0.224 e.